The zero-order valence-corrected chi connectivity index (χ0v) is 10.6. The van der Waals surface area contributed by atoms with Gasteiger partial charge in [-0.3, -0.25) is 0 Å². The fourth-order valence-electron chi connectivity index (χ4n) is 2.23. The van der Waals surface area contributed by atoms with Gasteiger partial charge in [0.25, 0.3) is 0 Å². The summed E-state index contributed by atoms with van der Waals surface area (Å²) in [5, 5.41) is 9.16. The highest BCUT2D eigenvalue weighted by molar-refractivity contribution is 5.64. The topological polar surface area (TPSA) is 38.7 Å². The minimum atomic E-state index is -0.224. The predicted octanol–water partition coefficient (Wildman–Crippen LogP) is 2.89. The van der Waals surface area contributed by atoms with Crippen molar-refractivity contribution < 1.29 is 14.6 Å². The largest absolute Gasteiger partial charge is 0.392 e. The lowest BCUT2D eigenvalue weighted by molar-refractivity contribution is -0.0441. The summed E-state index contributed by atoms with van der Waals surface area (Å²) < 4.78 is 10.9. The summed E-state index contributed by atoms with van der Waals surface area (Å²) in [4.78, 5) is 0. The van der Waals surface area contributed by atoms with Crippen molar-refractivity contribution in [2.45, 2.75) is 12.9 Å². The lowest BCUT2D eigenvalue weighted by Crippen LogP contribution is -1.97. The average Bonchev–Trinajstić information content (AvgIpc) is 3.02. The lowest BCUT2D eigenvalue weighted by atomic mass is 10.0. The van der Waals surface area contributed by atoms with E-state index in [1.54, 1.807) is 0 Å². The predicted molar refractivity (Wildman–Crippen MR) is 72.4 cm³/mol. The first-order valence-corrected chi connectivity index (χ1v) is 6.40. The quantitative estimate of drug-likeness (QED) is 0.917. The van der Waals surface area contributed by atoms with Gasteiger partial charge in [0.1, 0.15) is 0 Å². The molecule has 2 aromatic rings. The van der Waals surface area contributed by atoms with Crippen LogP contribution in [0.25, 0.3) is 11.1 Å². The molecule has 0 saturated carbocycles. The molecule has 1 heterocycles. The molecule has 19 heavy (non-hydrogen) atoms. The Kier molecular flexibility index (Phi) is 3.60. The van der Waals surface area contributed by atoms with Crippen molar-refractivity contribution in [1.82, 2.24) is 0 Å². The smallest absolute Gasteiger partial charge is 0.184 e. The minimum Gasteiger partial charge on any atom is -0.392 e. The molecule has 0 bridgehead atoms. The highest BCUT2D eigenvalue weighted by Crippen LogP contribution is 2.26. The summed E-state index contributed by atoms with van der Waals surface area (Å²) in [6.07, 6.45) is -0.224. The maximum atomic E-state index is 9.16. The number of hydrogen-bond acceptors (Lipinski definition) is 3. The molecule has 3 nitrogen and oxygen atoms in total. The number of hydrogen-bond donors (Lipinski definition) is 1. The van der Waals surface area contributed by atoms with Crippen molar-refractivity contribution in [3.05, 3.63) is 59.7 Å². The summed E-state index contributed by atoms with van der Waals surface area (Å²) in [5.74, 6) is 0. The van der Waals surface area contributed by atoms with Crippen molar-refractivity contribution in [3.8, 4) is 11.1 Å². The molecule has 0 radical (unpaired) electrons. The zero-order chi connectivity index (χ0) is 13.1. The Morgan fingerprint density at radius 2 is 1.68 bits per heavy atom. The molecule has 1 saturated heterocycles. The number of aliphatic hydroxyl groups is 1. The van der Waals surface area contributed by atoms with Crippen molar-refractivity contribution in [2.24, 2.45) is 0 Å². The molecule has 0 spiro atoms. The van der Waals surface area contributed by atoms with E-state index < -0.39 is 0 Å². The first-order valence-electron chi connectivity index (χ1n) is 6.40. The third-order valence-corrected chi connectivity index (χ3v) is 3.25. The third-order valence-electron chi connectivity index (χ3n) is 3.25. The molecule has 1 N–H and O–H groups in total. The maximum Gasteiger partial charge on any atom is 0.184 e. The summed E-state index contributed by atoms with van der Waals surface area (Å²) >= 11 is 0. The summed E-state index contributed by atoms with van der Waals surface area (Å²) in [7, 11) is 0. The highest BCUT2D eigenvalue weighted by Gasteiger charge is 2.17. The average molecular weight is 256 g/mol. The molecule has 3 rings (SSSR count). The van der Waals surface area contributed by atoms with Crippen molar-refractivity contribution in [3.63, 3.8) is 0 Å². The third kappa shape index (κ3) is 2.68. The van der Waals surface area contributed by atoms with Gasteiger partial charge in [0, 0.05) is 5.56 Å². The molecule has 3 heteroatoms. The van der Waals surface area contributed by atoms with Crippen LogP contribution in [0.1, 0.15) is 17.4 Å². The molecule has 0 unspecified atom stereocenters. The van der Waals surface area contributed by atoms with Crippen molar-refractivity contribution in [1.29, 1.82) is 0 Å². The van der Waals surface area contributed by atoms with Crippen LogP contribution < -0.4 is 0 Å². The van der Waals surface area contributed by atoms with E-state index in [4.69, 9.17) is 14.6 Å². The van der Waals surface area contributed by atoms with Crippen LogP contribution >= 0.6 is 0 Å². The molecule has 1 aliphatic heterocycles. The molecule has 1 fully saturated rings. The second-order valence-electron chi connectivity index (χ2n) is 4.55. The van der Waals surface area contributed by atoms with E-state index in [2.05, 4.69) is 12.1 Å². The summed E-state index contributed by atoms with van der Waals surface area (Å²) in [6.45, 7) is 1.38. The molecule has 0 aromatic heterocycles. The van der Waals surface area contributed by atoms with E-state index in [1.807, 2.05) is 36.4 Å². The van der Waals surface area contributed by atoms with Gasteiger partial charge in [-0.05, 0) is 22.8 Å². The Hall–Kier alpha value is -1.68. The van der Waals surface area contributed by atoms with Crippen LogP contribution in [0.2, 0.25) is 0 Å². The summed E-state index contributed by atoms with van der Waals surface area (Å²) in [5.41, 5.74) is 4.19. The highest BCUT2D eigenvalue weighted by atomic mass is 16.7. The van der Waals surface area contributed by atoms with E-state index in [0.717, 1.165) is 22.3 Å². The normalized spacial score (nSPS) is 15.8. The Morgan fingerprint density at radius 3 is 2.37 bits per heavy atom. The Bertz CT molecular complexity index is 542. The Morgan fingerprint density at radius 1 is 0.947 bits per heavy atom. The molecule has 98 valence electrons. The molecule has 0 aliphatic carbocycles. The molecule has 0 atom stereocenters. The molecular weight excluding hydrogens is 240 g/mol. The van der Waals surface area contributed by atoms with Crippen LogP contribution in [-0.4, -0.2) is 18.3 Å². The van der Waals surface area contributed by atoms with Crippen molar-refractivity contribution in [2.75, 3.05) is 13.2 Å². The number of aliphatic hydroxyl groups excluding tert-OH is 1. The van der Waals surface area contributed by atoms with Gasteiger partial charge in [-0.1, -0.05) is 42.5 Å². The van der Waals surface area contributed by atoms with Gasteiger partial charge < -0.3 is 14.6 Å². The van der Waals surface area contributed by atoms with Crippen LogP contribution in [0.4, 0.5) is 0 Å². The van der Waals surface area contributed by atoms with Gasteiger partial charge in [0.15, 0.2) is 6.29 Å². The monoisotopic (exact) mass is 256 g/mol. The fourth-order valence-corrected chi connectivity index (χ4v) is 2.23. The van der Waals surface area contributed by atoms with E-state index >= 15 is 0 Å². The van der Waals surface area contributed by atoms with E-state index in [0.29, 0.717) is 13.2 Å². The van der Waals surface area contributed by atoms with Crippen LogP contribution in [0.15, 0.2) is 48.5 Å². The standard InChI is InChI=1S/C16H16O3/c17-11-12-2-1-3-15(10-12)13-4-6-14(7-5-13)16-18-8-9-19-16/h1-7,10,16-17H,8-9,11H2. The molecular formula is C16H16O3. The fraction of sp³-hybridized carbons (Fsp3) is 0.250. The van der Waals surface area contributed by atoms with Crippen LogP contribution in [0.3, 0.4) is 0 Å². The van der Waals surface area contributed by atoms with Gasteiger partial charge in [-0.25, -0.2) is 0 Å². The zero-order valence-electron chi connectivity index (χ0n) is 10.6. The molecule has 0 amide bonds. The number of benzene rings is 2. The van der Waals surface area contributed by atoms with Crippen LogP contribution in [0.5, 0.6) is 0 Å². The van der Waals surface area contributed by atoms with Gasteiger partial charge >= 0.3 is 0 Å². The summed E-state index contributed by atoms with van der Waals surface area (Å²) in [6, 6.07) is 16.1. The number of ether oxygens (including phenoxy) is 2. The van der Waals surface area contributed by atoms with Gasteiger partial charge in [-0.15, -0.1) is 0 Å². The SMILES string of the molecule is OCc1cccc(-c2ccc(C3OCCO3)cc2)c1. The molecule has 2 aromatic carbocycles. The second-order valence-corrected chi connectivity index (χ2v) is 4.55. The van der Waals surface area contributed by atoms with E-state index in [9.17, 15) is 0 Å². The number of rotatable bonds is 3. The van der Waals surface area contributed by atoms with Crippen molar-refractivity contribution >= 4 is 0 Å². The van der Waals surface area contributed by atoms with Gasteiger partial charge in [0.2, 0.25) is 0 Å². The Balaban J connectivity index is 1.84. The first-order chi connectivity index (χ1) is 9.36. The lowest BCUT2D eigenvalue weighted by Gasteiger charge is -2.10. The Labute approximate surface area is 112 Å². The second kappa shape index (κ2) is 5.53. The maximum absolute atomic E-state index is 9.16. The van der Waals surface area contributed by atoms with Crippen LogP contribution in [-0.2, 0) is 16.1 Å². The van der Waals surface area contributed by atoms with Gasteiger partial charge in [0.05, 0.1) is 19.8 Å². The van der Waals surface area contributed by atoms with Gasteiger partial charge in [-0.2, -0.15) is 0 Å². The van der Waals surface area contributed by atoms with E-state index in [-0.39, 0.29) is 12.9 Å². The first kappa shape index (κ1) is 12.4. The van der Waals surface area contributed by atoms with Crippen LogP contribution in [0, 0.1) is 0 Å². The molecule has 1 aliphatic rings. The minimum absolute atomic E-state index is 0.0652. The van der Waals surface area contributed by atoms with E-state index in [1.165, 1.54) is 0 Å².